The maximum absolute atomic E-state index is 14.9. The molecular formula is C50H80O28. The Balaban J connectivity index is 0.968. The van der Waals surface area contributed by atoms with Crippen molar-refractivity contribution in [1.82, 2.24) is 0 Å². The van der Waals surface area contributed by atoms with E-state index in [-0.39, 0.29) is 11.8 Å². The predicted octanol–water partition coefficient (Wildman–Crippen LogP) is -7.29. The number of fused-ring (bicyclic) bond motifs is 3. The van der Waals surface area contributed by atoms with Crippen molar-refractivity contribution in [3.63, 3.8) is 0 Å². The number of aliphatic hydroxyl groups is 17. The van der Waals surface area contributed by atoms with Crippen LogP contribution in [0.1, 0.15) is 71.6 Å². The SMILES string of the molecule is C=C1CC23CCC4C(C)(C(=O)O[C@@H]5O[C@H](CO)[C@@H](O)[C@H](O)[C@H]5O[C@@H]5O[C@H](CO)[C@@H](O)[C@H](O)[C@H]5O)CCC[C@@]4(C)[C@@H]2CC[C@]1(O[C@@H]1O[C@H](CO)[C@@H](O)[C@H](O[C@@H]2O[C@H](CO)[C@@H](O)[C@H](O)[C@H]2O)[C@H]1O[C@@H]1O[C@H](CO)[C@@H](O)[C@H](O)[C@H]1O)C3. The minimum absolute atomic E-state index is 0.0705. The third-order valence-corrected chi connectivity index (χ3v) is 19.2. The lowest BCUT2D eigenvalue weighted by atomic mass is 9.41. The molecule has 17 N–H and O–H groups in total. The van der Waals surface area contributed by atoms with Crippen LogP contribution in [0.25, 0.3) is 0 Å². The second kappa shape index (κ2) is 23.3. The molecular weight excluding hydrogens is 1050 g/mol. The summed E-state index contributed by atoms with van der Waals surface area (Å²) < 4.78 is 60.3. The Hall–Kier alpha value is -1.83. The zero-order valence-corrected chi connectivity index (χ0v) is 43.3. The molecule has 0 aromatic heterocycles. The summed E-state index contributed by atoms with van der Waals surface area (Å²) in [7, 11) is 0. The van der Waals surface area contributed by atoms with Crippen LogP contribution < -0.4 is 0 Å². The Morgan fingerprint density at radius 1 is 0.487 bits per heavy atom. The summed E-state index contributed by atoms with van der Waals surface area (Å²) in [5, 5.41) is 181. The van der Waals surface area contributed by atoms with Crippen molar-refractivity contribution >= 4 is 5.97 Å². The fourth-order valence-corrected chi connectivity index (χ4v) is 15.0. The summed E-state index contributed by atoms with van der Waals surface area (Å²) in [6.07, 6.45) is -39.9. The number of carbonyl (C=O) groups excluding carboxylic acids is 1. The van der Waals surface area contributed by atoms with E-state index in [0.717, 1.165) is 0 Å². The minimum Gasteiger partial charge on any atom is -0.432 e. The molecule has 28 nitrogen and oxygen atoms in total. The van der Waals surface area contributed by atoms with Crippen molar-refractivity contribution in [3.05, 3.63) is 12.2 Å². The van der Waals surface area contributed by atoms with E-state index in [4.69, 9.17) is 47.4 Å². The van der Waals surface area contributed by atoms with Gasteiger partial charge in [-0.3, -0.25) is 4.79 Å². The van der Waals surface area contributed by atoms with Gasteiger partial charge in [0.15, 0.2) is 31.3 Å². The number of rotatable bonds is 15. The average Bonchev–Trinajstić information content (AvgIpc) is 3.61. The first-order valence-corrected chi connectivity index (χ1v) is 26.9. The standard InChI is InChI=1S/C50H80O28/c1-18-11-49-9-5-24-47(2,7-4-8-48(24,3)46(68)77-44-39(34(64)29(59)22(15-54)72-44)75-42-36(66)32(62)27(57)20(13-52)70-42)25(49)6-10-50(18,17-49)78-45-40(76-43-37(67)33(63)28(58)21(14-53)71-43)38(30(60)23(16-55)73-45)74-41-35(65)31(61)26(56)19(12-51)69-41/h19-45,51-67H,1,4-17H2,2-3H3/t19-,20-,21-,22-,23-,24?,25+,26-,27-,28-,29-,30-,31+,32+,33+,34+,35-,36-,37-,38+,39-,40-,41+,42+,43+,44+,45+,47-,48?,49?,50+/m1/s1. The highest BCUT2D eigenvalue weighted by atomic mass is 16.8. The van der Waals surface area contributed by atoms with Crippen molar-refractivity contribution in [2.45, 2.75) is 231 Å². The van der Waals surface area contributed by atoms with Gasteiger partial charge in [0.25, 0.3) is 0 Å². The molecule has 0 aromatic rings. The molecule has 9 rings (SSSR count). The third-order valence-electron chi connectivity index (χ3n) is 19.2. The van der Waals surface area contributed by atoms with E-state index < -0.39 is 214 Å². The van der Waals surface area contributed by atoms with Gasteiger partial charge in [-0.1, -0.05) is 19.9 Å². The maximum Gasteiger partial charge on any atom is 0.314 e. The van der Waals surface area contributed by atoms with E-state index >= 15 is 0 Å². The molecule has 4 saturated carbocycles. The van der Waals surface area contributed by atoms with E-state index in [1.54, 1.807) is 6.92 Å². The van der Waals surface area contributed by atoms with Crippen LogP contribution in [-0.4, -0.2) is 285 Å². The van der Waals surface area contributed by atoms with Crippen LogP contribution in [0.15, 0.2) is 12.2 Å². The Morgan fingerprint density at radius 3 is 1.41 bits per heavy atom. The first kappa shape index (κ1) is 60.8. The first-order valence-electron chi connectivity index (χ1n) is 26.9. The second-order valence-electron chi connectivity index (χ2n) is 23.6. The van der Waals surface area contributed by atoms with E-state index in [2.05, 4.69) is 13.5 Å². The smallest absolute Gasteiger partial charge is 0.314 e. The molecule has 2 bridgehead atoms. The molecule has 5 aliphatic heterocycles. The fourth-order valence-electron chi connectivity index (χ4n) is 15.0. The average molecular weight is 1130 g/mol. The molecule has 3 unspecified atom stereocenters. The highest BCUT2D eigenvalue weighted by Crippen LogP contribution is 2.74. The van der Waals surface area contributed by atoms with Gasteiger partial charge in [0, 0.05) is 0 Å². The molecule has 1 spiro atoms. The molecule has 4 aliphatic carbocycles. The summed E-state index contributed by atoms with van der Waals surface area (Å²) in [5.41, 5.74) is -2.81. The quantitative estimate of drug-likeness (QED) is 0.0411. The Labute approximate surface area is 448 Å². The third kappa shape index (κ3) is 10.3. The van der Waals surface area contributed by atoms with Crippen LogP contribution in [0.2, 0.25) is 0 Å². The lowest BCUT2D eigenvalue weighted by molar-refractivity contribution is -0.400. The number of carbonyl (C=O) groups is 1. The molecule has 5 heterocycles. The molecule has 0 aromatic carbocycles. The van der Waals surface area contributed by atoms with Gasteiger partial charge in [-0.15, -0.1) is 0 Å². The molecule has 9 fully saturated rings. The summed E-state index contributed by atoms with van der Waals surface area (Å²) in [6.45, 7) is 4.32. The minimum atomic E-state index is -1.99. The van der Waals surface area contributed by atoms with Crippen LogP contribution in [0.5, 0.6) is 0 Å². The number of ether oxygens (including phenoxy) is 10. The number of esters is 1. The maximum atomic E-state index is 14.9. The van der Waals surface area contributed by atoms with Crippen LogP contribution in [0.3, 0.4) is 0 Å². The van der Waals surface area contributed by atoms with Gasteiger partial charge in [-0.25, -0.2) is 0 Å². The number of hydrogen-bond donors (Lipinski definition) is 17. The first-order chi connectivity index (χ1) is 36.9. The molecule has 448 valence electrons. The van der Waals surface area contributed by atoms with Gasteiger partial charge in [-0.05, 0) is 86.5 Å². The van der Waals surface area contributed by atoms with Crippen molar-refractivity contribution < 1.29 is 139 Å². The van der Waals surface area contributed by atoms with Crippen molar-refractivity contribution in [1.29, 1.82) is 0 Å². The molecule has 0 amide bonds. The van der Waals surface area contributed by atoms with Gasteiger partial charge in [0.2, 0.25) is 6.29 Å². The van der Waals surface area contributed by atoms with Crippen LogP contribution >= 0.6 is 0 Å². The molecule has 31 atom stereocenters. The lowest BCUT2D eigenvalue weighted by Crippen LogP contribution is -2.68. The normalized spacial score (nSPS) is 54.5. The summed E-state index contributed by atoms with van der Waals surface area (Å²) >= 11 is 0. The van der Waals surface area contributed by atoms with Crippen molar-refractivity contribution in [2.75, 3.05) is 33.0 Å². The zero-order valence-electron chi connectivity index (χ0n) is 43.3. The number of aliphatic hydroxyl groups excluding tert-OH is 17. The van der Waals surface area contributed by atoms with E-state index in [0.29, 0.717) is 63.4 Å². The molecule has 5 saturated heterocycles. The monoisotopic (exact) mass is 1130 g/mol. The zero-order chi connectivity index (χ0) is 56.7. The van der Waals surface area contributed by atoms with Gasteiger partial charge in [0.05, 0.1) is 44.1 Å². The Morgan fingerprint density at radius 2 is 0.910 bits per heavy atom. The molecule has 9 aliphatic rings. The summed E-state index contributed by atoms with van der Waals surface area (Å²) in [4.78, 5) is 14.9. The van der Waals surface area contributed by atoms with Crippen LogP contribution in [0, 0.1) is 28.1 Å². The van der Waals surface area contributed by atoms with E-state index in [9.17, 15) is 91.6 Å². The largest absolute Gasteiger partial charge is 0.432 e. The van der Waals surface area contributed by atoms with Gasteiger partial charge < -0.3 is 134 Å². The topological polar surface area (TPSA) is 453 Å². The number of hydrogen-bond acceptors (Lipinski definition) is 28. The highest BCUT2D eigenvalue weighted by molar-refractivity contribution is 5.77. The fraction of sp³-hybridized carbons (Fsp3) is 0.940. The lowest BCUT2D eigenvalue weighted by Gasteiger charge is -2.64. The van der Waals surface area contributed by atoms with Gasteiger partial charge in [-0.2, -0.15) is 0 Å². The predicted molar refractivity (Wildman–Crippen MR) is 252 cm³/mol. The van der Waals surface area contributed by atoms with E-state index in [1.165, 1.54) is 0 Å². The highest BCUT2D eigenvalue weighted by Gasteiger charge is 2.70. The molecule has 28 heteroatoms. The van der Waals surface area contributed by atoms with E-state index in [1.807, 2.05) is 0 Å². The van der Waals surface area contributed by atoms with Gasteiger partial charge >= 0.3 is 5.97 Å². The van der Waals surface area contributed by atoms with Crippen molar-refractivity contribution in [2.24, 2.45) is 28.1 Å². The van der Waals surface area contributed by atoms with Gasteiger partial charge in [0.1, 0.15) is 116 Å². The van der Waals surface area contributed by atoms with Crippen molar-refractivity contribution in [3.8, 4) is 0 Å². The second-order valence-corrected chi connectivity index (χ2v) is 23.6. The molecule has 78 heavy (non-hydrogen) atoms. The summed E-state index contributed by atoms with van der Waals surface area (Å²) in [5.74, 6) is -1.14. The Kier molecular flexibility index (Phi) is 18.2. The van der Waals surface area contributed by atoms with Crippen LogP contribution in [0.4, 0.5) is 0 Å². The van der Waals surface area contributed by atoms with Crippen LogP contribution in [-0.2, 0) is 52.2 Å². The Bertz CT molecular complexity index is 2070. The molecule has 0 radical (unpaired) electrons. The summed E-state index contributed by atoms with van der Waals surface area (Å²) in [6, 6.07) is 0.